The summed E-state index contributed by atoms with van der Waals surface area (Å²) in [6, 6.07) is 3.51. The van der Waals surface area contributed by atoms with Crippen LogP contribution in [0.3, 0.4) is 0 Å². The van der Waals surface area contributed by atoms with Crippen molar-refractivity contribution in [3.8, 4) is 0 Å². The maximum atomic E-state index is 12.9. The zero-order chi connectivity index (χ0) is 13.6. The first kappa shape index (κ1) is 11.8. The molecule has 2 aliphatic heterocycles. The molecule has 0 aromatic carbocycles. The van der Waals surface area contributed by atoms with Crippen LogP contribution in [0.4, 0.5) is 10.1 Å². The van der Waals surface area contributed by atoms with E-state index in [9.17, 15) is 14.0 Å². The summed E-state index contributed by atoms with van der Waals surface area (Å²) in [6.45, 7) is 3.47. The standard InChI is InChI=1S/C13H12FN3O2/c1-8(14)11(18)17-6-4-13(7-17)10-9(16-12(13)19)3-2-5-15-10/h2-3,5H,1,4,6-7H2,(H,16,19). The summed E-state index contributed by atoms with van der Waals surface area (Å²) < 4.78 is 12.9. The van der Waals surface area contributed by atoms with Crippen LogP contribution < -0.4 is 5.32 Å². The molecule has 1 spiro atoms. The molecule has 1 atom stereocenters. The quantitative estimate of drug-likeness (QED) is 0.767. The highest BCUT2D eigenvalue weighted by Gasteiger charge is 2.53. The second kappa shape index (κ2) is 3.88. The van der Waals surface area contributed by atoms with Gasteiger partial charge in [-0.05, 0) is 18.6 Å². The number of anilines is 1. The number of nitrogens with zero attached hydrogens (tertiary/aromatic N) is 2. The molecule has 2 amide bonds. The summed E-state index contributed by atoms with van der Waals surface area (Å²) in [7, 11) is 0. The molecule has 1 fully saturated rings. The van der Waals surface area contributed by atoms with Crippen LogP contribution in [0.5, 0.6) is 0 Å². The number of hydrogen-bond acceptors (Lipinski definition) is 3. The fourth-order valence-corrected chi connectivity index (χ4v) is 2.77. The fraction of sp³-hybridized carbons (Fsp3) is 0.308. The van der Waals surface area contributed by atoms with Crippen molar-refractivity contribution < 1.29 is 14.0 Å². The second-order valence-corrected chi connectivity index (χ2v) is 4.82. The maximum Gasteiger partial charge on any atom is 0.282 e. The van der Waals surface area contributed by atoms with Crippen molar-refractivity contribution in [3.05, 3.63) is 36.4 Å². The highest BCUT2D eigenvalue weighted by atomic mass is 19.1. The Kier molecular flexibility index (Phi) is 2.41. The molecule has 0 saturated carbocycles. The minimum atomic E-state index is -1.00. The summed E-state index contributed by atoms with van der Waals surface area (Å²) >= 11 is 0. The minimum absolute atomic E-state index is 0.143. The predicted molar refractivity (Wildman–Crippen MR) is 66.0 cm³/mol. The molecule has 1 aromatic rings. The Balaban J connectivity index is 1.96. The predicted octanol–water partition coefficient (Wildman–Crippen LogP) is 0.987. The molecule has 19 heavy (non-hydrogen) atoms. The van der Waals surface area contributed by atoms with Crippen molar-refractivity contribution in [3.63, 3.8) is 0 Å². The number of carbonyl (C=O) groups excluding carboxylic acids is 2. The maximum absolute atomic E-state index is 12.9. The number of carbonyl (C=O) groups is 2. The van der Waals surface area contributed by atoms with Crippen LogP contribution in [-0.4, -0.2) is 34.8 Å². The number of aromatic nitrogens is 1. The highest BCUT2D eigenvalue weighted by molar-refractivity contribution is 6.06. The van der Waals surface area contributed by atoms with Crippen molar-refractivity contribution in [2.24, 2.45) is 0 Å². The van der Waals surface area contributed by atoms with Gasteiger partial charge in [0, 0.05) is 19.3 Å². The van der Waals surface area contributed by atoms with E-state index in [1.165, 1.54) is 4.90 Å². The number of likely N-dealkylation sites (tertiary alicyclic amines) is 1. The molecule has 5 nitrogen and oxygen atoms in total. The third-order valence-corrected chi connectivity index (χ3v) is 3.73. The van der Waals surface area contributed by atoms with E-state index in [1.807, 2.05) is 0 Å². The summed E-state index contributed by atoms with van der Waals surface area (Å²) in [6.07, 6.45) is 2.06. The molecule has 0 radical (unpaired) electrons. The number of amides is 2. The van der Waals surface area contributed by atoms with Crippen LogP contribution in [0, 0.1) is 0 Å². The van der Waals surface area contributed by atoms with Gasteiger partial charge in [0.15, 0.2) is 5.83 Å². The minimum Gasteiger partial charge on any atom is -0.335 e. The van der Waals surface area contributed by atoms with Crippen LogP contribution in [0.25, 0.3) is 0 Å². The van der Waals surface area contributed by atoms with Gasteiger partial charge in [-0.2, -0.15) is 0 Å². The monoisotopic (exact) mass is 261 g/mol. The molecular formula is C13H12FN3O2. The van der Waals surface area contributed by atoms with E-state index in [1.54, 1.807) is 18.3 Å². The molecule has 2 aliphatic rings. The lowest BCUT2D eigenvalue weighted by Crippen LogP contribution is -2.39. The van der Waals surface area contributed by atoms with Crippen LogP contribution >= 0.6 is 0 Å². The lowest BCUT2D eigenvalue weighted by molar-refractivity contribution is -0.128. The Morgan fingerprint density at radius 2 is 2.37 bits per heavy atom. The van der Waals surface area contributed by atoms with Gasteiger partial charge in [-0.25, -0.2) is 4.39 Å². The van der Waals surface area contributed by atoms with Gasteiger partial charge in [0.1, 0.15) is 5.41 Å². The number of halogens is 1. The lowest BCUT2D eigenvalue weighted by Gasteiger charge is -2.21. The van der Waals surface area contributed by atoms with Gasteiger partial charge < -0.3 is 10.2 Å². The van der Waals surface area contributed by atoms with Gasteiger partial charge in [-0.15, -0.1) is 0 Å². The van der Waals surface area contributed by atoms with Crippen molar-refractivity contribution in [1.29, 1.82) is 0 Å². The molecule has 0 aliphatic carbocycles. The Labute approximate surface area is 109 Å². The lowest BCUT2D eigenvalue weighted by atomic mass is 9.84. The van der Waals surface area contributed by atoms with Crippen LogP contribution in [-0.2, 0) is 15.0 Å². The van der Waals surface area contributed by atoms with Crippen LogP contribution in [0.2, 0.25) is 0 Å². The molecule has 1 N–H and O–H groups in total. The first-order chi connectivity index (χ1) is 9.04. The van der Waals surface area contributed by atoms with E-state index >= 15 is 0 Å². The summed E-state index contributed by atoms with van der Waals surface area (Å²) in [5.74, 6) is -1.94. The van der Waals surface area contributed by atoms with Crippen molar-refractivity contribution in [1.82, 2.24) is 9.88 Å². The largest absolute Gasteiger partial charge is 0.335 e. The molecule has 1 aromatic heterocycles. The molecular weight excluding hydrogens is 249 g/mol. The van der Waals surface area contributed by atoms with Crippen LogP contribution in [0.15, 0.2) is 30.7 Å². The van der Waals surface area contributed by atoms with Gasteiger partial charge in [0.05, 0.1) is 11.4 Å². The van der Waals surface area contributed by atoms with E-state index in [2.05, 4.69) is 16.9 Å². The average Bonchev–Trinajstić information content (AvgIpc) is 2.94. The topological polar surface area (TPSA) is 62.3 Å². The number of fused-ring (bicyclic) bond motifs is 2. The first-order valence-electron chi connectivity index (χ1n) is 5.95. The van der Waals surface area contributed by atoms with Crippen LogP contribution in [0.1, 0.15) is 12.1 Å². The van der Waals surface area contributed by atoms with Gasteiger partial charge in [0.25, 0.3) is 5.91 Å². The Bertz CT molecular complexity index is 601. The summed E-state index contributed by atoms with van der Waals surface area (Å²) in [4.78, 5) is 29.3. The molecule has 0 bridgehead atoms. The van der Waals surface area contributed by atoms with E-state index in [0.29, 0.717) is 24.3 Å². The molecule has 1 saturated heterocycles. The number of nitrogens with one attached hydrogen (secondary N) is 1. The zero-order valence-electron chi connectivity index (χ0n) is 10.1. The third-order valence-electron chi connectivity index (χ3n) is 3.73. The van der Waals surface area contributed by atoms with Gasteiger partial charge >= 0.3 is 0 Å². The molecule has 3 rings (SSSR count). The molecule has 6 heteroatoms. The molecule has 3 heterocycles. The van der Waals surface area contributed by atoms with Crippen molar-refractivity contribution in [2.75, 3.05) is 18.4 Å². The first-order valence-corrected chi connectivity index (χ1v) is 5.95. The zero-order valence-corrected chi connectivity index (χ0v) is 10.1. The number of hydrogen-bond donors (Lipinski definition) is 1. The Morgan fingerprint density at radius 1 is 1.58 bits per heavy atom. The fourth-order valence-electron chi connectivity index (χ4n) is 2.77. The normalized spacial score (nSPS) is 24.5. The highest BCUT2D eigenvalue weighted by Crippen LogP contribution is 2.42. The third kappa shape index (κ3) is 1.56. The van der Waals surface area contributed by atoms with E-state index < -0.39 is 17.1 Å². The number of rotatable bonds is 1. The smallest absolute Gasteiger partial charge is 0.282 e. The second-order valence-electron chi connectivity index (χ2n) is 4.82. The van der Waals surface area contributed by atoms with Gasteiger partial charge in [-0.3, -0.25) is 14.6 Å². The molecule has 98 valence electrons. The summed E-state index contributed by atoms with van der Waals surface area (Å²) in [5, 5.41) is 2.76. The Hall–Kier alpha value is -2.24. The SMILES string of the molecule is C=C(F)C(=O)N1CCC2(C1)C(=O)Nc1cccnc12. The molecule has 1 unspecified atom stereocenters. The Morgan fingerprint density at radius 3 is 3.11 bits per heavy atom. The van der Waals surface area contributed by atoms with Crippen molar-refractivity contribution in [2.45, 2.75) is 11.8 Å². The van der Waals surface area contributed by atoms with E-state index in [4.69, 9.17) is 0 Å². The van der Waals surface area contributed by atoms with Crippen molar-refractivity contribution >= 4 is 17.5 Å². The number of pyridine rings is 1. The average molecular weight is 261 g/mol. The van der Waals surface area contributed by atoms with E-state index in [0.717, 1.165) is 0 Å². The van der Waals surface area contributed by atoms with Gasteiger partial charge in [0.2, 0.25) is 5.91 Å². The van der Waals surface area contributed by atoms with Gasteiger partial charge in [-0.1, -0.05) is 6.58 Å². The van der Waals surface area contributed by atoms with E-state index in [-0.39, 0.29) is 12.5 Å². The summed E-state index contributed by atoms with van der Waals surface area (Å²) in [5.41, 5.74) is 0.461.